The predicted octanol–water partition coefficient (Wildman–Crippen LogP) is 1.17. The minimum atomic E-state index is -1.64. The van der Waals surface area contributed by atoms with Crippen molar-refractivity contribution in [1.29, 1.82) is 0 Å². The van der Waals surface area contributed by atoms with Crippen LogP contribution < -0.4 is 5.32 Å². The molecule has 1 aromatic rings. The molecule has 0 spiro atoms. The summed E-state index contributed by atoms with van der Waals surface area (Å²) in [5.74, 6) is -1.97. The van der Waals surface area contributed by atoms with E-state index < -0.39 is 24.5 Å². The molecule has 17 heavy (non-hydrogen) atoms. The van der Waals surface area contributed by atoms with Gasteiger partial charge < -0.3 is 15.5 Å². The van der Waals surface area contributed by atoms with Gasteiger partial charge in [0.15, 0.2) is 6.10 Å². The molecule has 0 bridgehead atoms. The standard InChI is InChI=1S/C10H9Cl2NO4/c11-6-1-5(2-7(12)3-6)9(15)13-4-8(14)10(16)17/h1-3,8,14H,4H2,(H,13,15)(H,16,17). The van der Waals surface area contributed by atoms with Crippen LogP contribution in [0.15, 0.2) is 18.2 Å². The number of hydrogen-bond acceptors (Lipinski definition) is 3. The predicted molar refractivity (Wildman–Crippen MR) is 62.4 cm³/mol. The zero-order valence-electron chi connectivity index (χ0n) is 8.48. The fourth-order valence-electron chi connectivity index (χ4n) is 1.06. The summed E-state index contributed by atoms with van der Waals surface area (Å²) in [4.78, 5) is 21.9. The Kier molecular flexibility index (Phi) is 4.74. The molecular weight excluding hydrogens is 269 g/mol. The molecule has 0 radical (unpaired) electrons. The van der Waals surface area contributed by atoms with E-state index in [4.69, 9.17) is 33.4 Å². The highest BCUT2D eigenvalue weighted by Crippen LogP contribution is 2.18. The average Bonchev–Trinajstić information content (AvgIpc) is 2.23. The molecule has 1 amide bonds. The number of aliphatic carboxylic acids is 1. The van der Waals surface area contributed by atoms with Crippen molar-refractivity contribution in [1.82, 2.24) is 5.32 Å². The number of carbonyl (C=O) groups excluding carboxylic acids is 1. The van der Waals surface area contributed by atoms with E-state index in [1.165, 1.54) is 18.2 Å². The number of aliphatic hydroxyl groups is 1. The monoisotopic (exact) mass is 277 g/mol. The molecule has 0 fully saturated rings. The van der Waals surface area contributed by atoms with Gasteiger partial charge in [-0.3, -0.25) is 4.79 Å². The van der Waals surface area contributed by atoms with E-state index >= 15 is 0 Å². The lowest BCUT2D eigenvalue weighted by atomic mass is 10.2. The van der Waals surface area contributed by atoms with Crippen molar-refractivity contribution in [2.24, 2.45) is 0 Å². The van der Waals surface area contributed by atoms with Gasteiger partial charge in [0.1, 0.15) is 0 Å². The molecule has 0 saturated heterocycles. The summed E-state index contributed by atoms with van der Waals surface area (Å²) in [6, 6.07) is 4.23. The molecule has 92 valence electrons. The Labute approximate surface area is 107 Å². The van der Waals surface area contributed by atoms with Crippen molar-refractivity contribution in [3.63, 3.8) is 0 Å². The molecule has 0 saturated carbocycles. The van der Waals surface area contributed by atoms with Crippen LogP contribution in [0.5, 0.6) is 0 Å². The maximum Gasteiger partial charge on any atom is 0.334 e. The summed E-state index contributed by atoms with van der Waals surface area (Å²) in [7, 11) is 0. The summed E-state index contributed by atoms with van der Waals surface area (Å²) in [5, 5.41) is 20.2. The van der Waals surface area contributed by atoms with Crippen LogP contribution in [0.4, 0.5) is 0 Å². The fourth-order valence-corrected chi connectivity index (χ4v) is 1.59. The molecule has 0 aliphatic carbocycles. The van der Waals surface area contributed by atoms with Crippen molar-refractivity contribution >= 4 is 35.1 Å². The molecule has 0 aliphatic heterocycles. The molecule has 1 aromatic carbocycles. The molecule has 1 atom stereocenters. The summed E-state index contributed by atoms with van der Waals surface area (Å²) < 4.78 is 0. The fraction of sp³-hybridized carbons (Fsp3) is 0.200. The van der Waals surface area contributed by atoms with Crippen molar-refractivity contribution < 1.29 is 19.8 Å². The molecule has 0 aliphatic rings. The smallest absolute Gasteiger partial charge is 0.334 e. The van der Waals surface area contributed by atoms with Crippen molar-refractivity contribution in [3.8, 4) is 0 Å². The van der Waals surface area contributed by atoms with E-state index in [2.05, 4.69) is 5.32 Å². The number of aliphatic hydroxyl groups excluding tert-OH is 1. The topological polar surface area (TPSA) is 86.6 Å². The first-order valence-corrected chi connectivity index (χ1v) is 5.31. The second kappa shape index (κ2) is 5.86. The second-order valence-electron chi connectivity index (χ2n) is 3.22. The van der Waals surface area contributed by atoms with Crippen LogP contribution in [0.2, 0.25) is 10.0 Å². The Morgan fingerprint density at radius 2 is 1.76 bits per heavy atom. The molecule has 1 rings (SSSR count). The highest BCUT2D eigenvalue weighted by atomic mass is 35.5. The van der Waals surface area contributed by atoms with E-state index in [0.717, 1.165) is 0 Å². The van der Waals surface area contributed by atoms with Gasteiger partial charge in [-0.15, -0.1) is 0 Å². The van der Waals surface area contributed by atoms with Crippen molar-refractivity contribution in [3.05, 3.63) is 33.8 Å². The third-order valence-corrected chi connectivity index (χ3v) is 2.30. The van der Waals surface area contributed by atoms with Gasteiger partial charge in [0.25, 0.3) is 5.91 Å². The van der Waals surface area contributed by atoms with Gasteiger partial charge in [0.2, 0.25) is 0 Å². The number of carboxylic acids is 1. The first-order valence-electron chi connectivity index (χ1n) is 4.55. The molecule has 0 heterocycles. The molecule has 3 N–H and O–H groups in total. The lowest BCUT2D eigenvalue weighted by molar-refractivity contribution is -0.146. The minimum absolute atomic E-state index is 0.195. The first kappa shape index (κ1) is 13.8. The number of nitrogens with one attached hydrogen (secondary N) is 1. The van der Waals surface area contributed by atoms with Gasteiger partial charge in [-0.1, -0.05) is 23.2 Å². The van der Waals surface area contributed by atoms with Crippen LogP contribution in [0, 0.1) is 0 Å². The number of carboxylic acid groups (broad SMARTS) is 1. The quantitative estimate of drug-likeness (QED) is 0.771. The van der Waals surface area contributed by atoms with E-state index in [0.29, 0.717) is 10.0 Å². The Balaban J connectivity index is 2.67. The van der Waals surface area contributed by atoms with Crippen LogP contribution in [-0.2, 0) is 4.79 Å². The maximum absolute atomic E-state index is 11.5. The SMILES string of the molecule is O=C(NCC(O)C(=O)O)c1cc(Cl)cc(Cl)c1. The largest absolute Gasteiger partial charge is 0.479 e. The third kappa shape index (κ3) is 4.22. The van der Waals surface area contributed by atoms with Gasteiger partial charge in [-0.05, 0) is 18.2 Å². The van der Waals surface area contributed by atoms with Crippen LogP contribution in [0.3, 0.4) is 0 Å². The van der Waals surface area contributed by atoms with E-state index in [9.17, 15) is 9.59 Å². The third-order valence-electron chi connectivity index (χ3n) is 1.87. The highest BCUT2D eigenvalue weighted by Gasteiger charge is 2.15. The van der Waals surface area contributed by atoms with E-state index in [1.807, 2.05) is 0 Å². The summed E-state index contributed by atoms with van der Waals surface area (Å²) in [6.45, 7) is -0.391. The number of halogens is 2. The Bertz CT molecular complexity index is 430. The van der Waals surface area contributed by atoms with Crippen molar-refractivity contribution in [2.45, 2.75) is 6.10 Å². The number of amides is 1. The maximum atomic E-state index is 11.5. The molecular formula is C10H9Cl2NO4. The first-order chi connectivity index (χ1) is 7.90. The lowest BCUT2D eigenvalue weighted by Crippen LogP contribution is -2.36. The Morgan fingerprint density at radius 1 is 1.24 bits per heavy atom. The molecule has 7 heteroatoms. The number of rotatable bonds is 4. The van der Waals surface area contributed by atoms with Crippen LogP contribution in [0.25, 0.3) is 0 Å². The zero-order valence-corrected chi connectivity index (χ0v) is 10.00. The average molecular weight is 278 g/mol. The normalized spacial score (nSPS) is 11.9. The van der Waals surface area contributed by atoms with E-state index in [-0.39, 0.29) is 5.56 Å². The number of carbonyl (C=O) groups is 2. The van der Waals surface area contributed by atoms with Crippen molar-refractivity contribution in [2.75, 3.05) is 6.54 Å². The Morgan fingerprint density at radius 3 is 2.24 bits per heavy atom. The van der Waals surface area contributed by atoms with Gasteiger partial charge in [0.05, 0.1) is 6.54 Å². The van der Waals surface area contributed by atoms with Gasteiger partial charge in [0, 0.05) is 15.6 Å². The number of hydrogen-bond donors (Lipinski definition) is 3. The van der Waals surface area contributed by atoms with Gasteiger partial charge in [-0.25, -0.2) is 4.79 Å². The highest BCUT2D eigenvalue weighted by molar-refractivity contribution is 6.35. The summed E-state index contributed by atoms with van der Waals surface area (Å²) >= 11 is 11.4. The number of benzene rings is 1. The lowest BCUT2D eigenvalue weighted by Gasteiger charge is -2.08. The van der Waals surface area contributed by atoms with E-state index in [1.54, 1.807) is 0 Å². The van der Waals surface area contributed by atoms with Gasteiger partial charge in [-0.2, -0.15) is 0 Å². The zero-order chi connectivity index (χ0) is 13.0. The summed E-state index contributed by atoms with van der Waals surface area (Å²) in [5.41, 5.74) is 0.195. The second-order valence-corrected chi connectivity index (χ2v) is 4.10. The Hall–Kier alpha value is -1.30. The molecule has 0 aromatic heterocycles. The summed E-state index contributed by atoms with van der Waals surface area (Å²) in [6.07, 6.45) is -1.64. The van der Waals surface area contributed by atoms with Crippen LogP contribution in [0.1, 0.15) is 10.4 Å². The minimum Gasteiger partial charge on any atom is -0.479 e. The van der Waals surface area contributed by atoms with Gasteiger partial charge >= 0.3 is 5.97 Å². The molecule has 1 unspecified atom stereocenters. The van der Waals surface area contributed by atoms with Crippen LogP contribution in [-0.4, -0.2) is 34.7 Å². The molecule has 5 nitrogen and oxygen atoms in total. The van der Waals surface area contributed by atoms with Crippen LogP contribution >= 0.6 is 23.2 Å².